The third kappa shape index (κ3) is 2.64. The summed E-state index contributed by atoms with van der Waals surface area (Å²) >= 11 is 0. The Bertz CT molecular complexity index is 1230. The second-order valence-corrected chi connectivity index (χ2v) is 6.75. The fourth-order valence-electron chi connectivity index (χ4n) is 3.50. The first kappa shape index (κ1) is 15.6. The lowest BCUT2D eigenvalue weighted by Crippen LogP contribution is -1.99. The minimum absolute atomic E-state index is 0.719. The maximum atomic E-state index is 4.56. The number of anilines is 2. The molecule has 0 radical (unpaired) electrons. The van der Waals surface area contributed by atoms with Gasteiger partial charge in [0.05, 0.1) is 17.6 Å². The van der Waals surface area contributed by atoms with Crippen LogP contribution in [0.25, 0.3) is 33.3 Å². The van der Waals surface area contributed by atoms with Crippen LogP contribution >= 0.6 is 0 Å². The predicted molar refractivity (Wildman–Crippen MR) is 109 cm³/mol. The van der Waals surface area contributed by atoms with E-state index in [1.54, 1.807) is 0 Å². The number of fused-ring (bicyclic) bond motifs is 3. The Morgan fingerprint density at radius 2 is 1.85 bits per heavy atom. The summed E-state index contributed by atoms with van der Waals surface area (Å²) in [6, 6.07) is 18.8. The molecule has 5 rings (SSSR count). The second kappa shape index (κ2) is 5.99. The third-order valence-electron chi connectivity index (χ3n) is 5.06. The summed E-state index contributed by atoms with van der Waals surface area (Å²) in [6.45, 7) is 2.00. The van der Waals surface area contributed by atoms with Crippen molar-refractivity contribution < 1.29 is 0 Å². The SMILES string of the molecule is Cc1ncc(-c2cccc(Nc3ncc4c5ccccc5cc-4[nH]3)c2)n1C. The highest BCUT2D eigenvalue weighted by molar-refractivity contribution is 6.01. The van der Waals surface area contributed by atoms with Gasteiger partial charge in [-0.05, 0) is 35.9 Å². The summed E-state index contributed by atoms with van der Waals surface area (Å²) in [5, 5.41) is 5.82. The smallest absolute Gasteiger partial charge is 0.205 e. The van der Waals surface area contributed by atoms with Crippen LogP contribution in [-0.4, -0.2) is 19.5 Å². The van der Waals surface area contributed by atoms with E-state index in [2.05, 4.69) is 67.3 Å². The van der Waals surface area contributed by atoms with Crippen molar-refractivity contribution in [3.63, 3.8) is 0 Å². The maximum absolute atomic E-state index is 4.56. The quantitative estimate of drug-likeness (QED) is 0.473. The highest BCUT2D eigenvalue weighted by Crippen LogP contribution is 2.33. The van der Waals surface area contributed by atoms with Crippen LogP contribution in [0, 0.1) is 6.92 Å². The van der Waals surface area contributed by atoms with Gasteiger partial charge in [-0.3, -0.25) is 0 Å². The highest BCUT2D eigenvalue weighted by atomic mass is 15.1. The fraction of sp³-hybridized carbons (Fsp3) is 0.0909. The van der Waals surface area contributed by atoms with Crippen molar-refractivity contribution in [3.05, 3.63) is 72.8 Å². The molecule has 5 heteroatoms. The van der Waals surface area contributed by atoms with E-state index in [9.17, 15) is 0 Å². The average Bonchev–Trinajstić information content (AvgIpc) is 3.22. The first-order valence-corrected chi connectivity index (χ1v) is 8.91. The van der Waals surface area contributed by atoms with Gasteiger partial charge in [0, 0.05) is 30.1 Å². The molecule has 27 heavy (non-hydrogen) atoms. The number of aromatic amines is 1. The van der Waals surface area contributed by atoms with Gasteiger partial charge in [0.2, 0.25) is 5.95 Å². The molecule has 0 fully saturated rings. The molecule has 0 atom stereocenters. The minimum atomic E-state index is 0.719. The Labute approximate surface area is 157 Å². The first-order chi connectivity index (χ1) is 13.2. The largest absolute Gasteiger partial charge is 0.331 e. The molecule has 5 nitrogen and oxygen atoms in total. The van der Waals surface area contributed by atoms with Gasteiger partial charge in [-0.2, -0.15) is 0 Å². The number of aromatic nitrogens is 4. The third-order valence-corrected chi connectivity index (χ3v) is 5.06. The van der Waals surface area contributed by atoms with Crippen LogP contribution < -0.4 is 5.32 Å². The number of nitrogens with zero attached hydrogens (tertiary/aromatic N) is 3. The molecular weight excluding hydrogens is 334 g/mol. The van der Waals surface area contributed by atoms with Crippen LogP contribution in [0.5, 0.6) is 0 Å². The number of rotatable bonds is 3. The van der Waals surface area contributed by atoms with Crippen molar-refractivity contribution in [2.24, 2.45) is 7.05 Å². The molecule has 132 valence electrons. The number of imidazole rings is 1. The van der Waals surface area contributed by atoms with Gasteiger partial charge in [-0.1, -0.05) is 36.4 Å². The molecule has 0 saturated carbocycles. The topological polar surface area (TPSA) is 58.5 Å². The number of H-pyrrole nitrogens is 1. The molecule has 0 bridgehead atoms. The molecule has 1 aliphatic carbocycles. The van der Waals surface area contributed by atoms with Crippen LogP contribution in [0.4, 0.5) is 11.6 Å². The van der Waals surface area contributed by atoms with E-state index in [-0.39, 0.29) is 0 Å². The Balaban J connectivity index is 1.50. The maximum Gasteiger partial charge on any atom is 0.205 e. The van der Waals surface area contributed by atoms with Crippen LogP contribution in [-0.2, 0) is 7.05 Å². The summed E-state index contributed by atoms with van der Waals surface area (Å²) in [6.07, 6.45) is 3.82. The van der Waals surface area contributed by atoms with E-state index < -0.39 is 0 Å². The summed E-state index contributed by atoms with van der Waals surface area (Å²) in [5.41, 5.74) is 5.39. The van der Waals surface area contributed by atoms with E-state index in [0.29, 0.717) is 0 Å². The number of hydrogen-bond donors (Lipinski definition) is 2. The van der Waals surface area contributed by atoms with E-state index in [1.165, 1.54) is 10.8 Å². The zero-order valence-corrected chi connectivity index (χ0v) is 15.2. The van der Waals surface area contributed by atoms with Gasteiger partial charge in [0.25, 0.3) is 0 Å². The molecule has 0 spiro atoms. The van der Waals surface area contributed by atoms with Crippen LogP contribution in [0.3, 0.4) is 0 Å². The molecule has 2 heterocycles. The van der Waals surface area contributed by atoms with Crippen molar-refractivity contribution in [2.45, 2.75) is 6.92 Å². The van der Waals surface area contributed by atoms with Gasteiger partial charge in [0.15, 0.2) is 0 Å². The summed E-state index contributed by atoms with van der Waals surface area (Å²) in [7, 11) is 2.03. The molecule has 2 N–H and O–H groups in total. The van der Waals surface area contributed by atoms with E-state index >= 15 is 0 Å². The normalized spacial score (nSPS) is 11.3. The monoisotopic (exact) mass is 353 g/mol. The number of benzene rings is 2. The lowest BCUT2D eigenvalue weighted by Gasteiger charge is -2.10. The summed E-state index contributed by atoms with van der Waals surface area (Å²) < 4.78 is 2.09. The zero-order chi connectivity index (χ0) is 18.4. The second-order valence-electron chi connectivity index (χ2n) is 6.75. The Morgan fingerprint density at radius 1 is 0.963 bits per heavy atom. The van der Waals surface area contributed by atoms with Crippen LogP contribution in [0.1, 0.15) is 5.82 Å². The van der Waals surface area contributed by atoms with Crippen LogP contribution in [0.15, 0.2) is 67.0 Å². The summed E-state index contributed by atoms with van der Waals surface area (Å²) in [4.78, 5) is 12.3. The van der Waals surface area contributed by atoms with Crippen molar-refractivity contribution in [3.8, 4) is 22.5 Å². The van der Waals surface area contributed by atoms with Gasteiger partial charge in [0.1, 0.15) is 5.82 Å². The van der Waals surface area contributed by atoms with Gasteiger partial charge >= 0.3 is 0 Å². The van der Waals surface area contributed by atoms with E-state index in [1.807, 2.05) is 38.5 Å². The fourth-order valence-corrected chi connectivity index (χ4v) is 3.50. The lowest BCUT2D eigenvalue weighted by molar-refractivity contribution is 0.865. The van der Waals surface area contributed by atoms with E-state index in [4.69, 9.17) is 0 Å². The molecule has 2 aromatic carbocycles. The zero-order valence-electron chi connectivity index (χ0n) is 15.2. The number of aryl methyl sites for hydroxylation is 1. The molecular formula is C22H19N5. The van der Waals surface area contributed by atoms with Crippen molar-refractivity contribution in [1.29, 1.82) is 0 Å². The van der Waals surface area contributed by atoms with Crippen LogP contribution in [0.2, 0.25) is 0 Å². The Kier molecular flexibility index (Phi) is 3.47. The number of hydrogen-bond acceptors (Lipinski definition) is 3. The first-order valence-electron chi connectivity index (χ1n) is 8.91. The molecule has 0 unspecified atom stereocenters. The molecule has 3 aromatic rings. The average molecular weight is 353 g/mol. The minimum Gasteiger partial charge on any atom is -0.331 e. The lowest BCUT2D eigenvalue weighted by atomic mass is 10.1. The van der Waals surface area contributed by atoms with E-state index in [0.717, 1.165) is 40.0 Å². The Hall–Kier alpha value is -3.60. The van der Waals surface area contributed by atoms with Gasteiger partial charge < -0.3 is 14.9 Å². The van der Waals surface area contributed by atoms with Crippen molar-refractivity contribution >= 4 is 22.4 Å². The summed E-state index contributed by atoms with van der Waals surface area (Å²) in [5.74, 6) is 1.71. The Morgan fingerprint density at radius 3 is 2.70 bits per heavy atom. The van der Waals surface area contributed by atoms with Crippen molar-refractivity contribution in [1.82, 2.24) is 19.5 Å². The predicted octanol–water partition coefficient (Wildman–Crippen LogP) is 5.12. The molecule has 0 saturated heterocycles. The molecule has 2 aliphatic rings. The van der Waals surface area contributed by atoms with Gasteiger partial charge in [-0.25, -0.2) is 9.97 Å². The molecule has 1 aliphatic heterocycles. The highest BCUT2D eigenvalue weighted by Gasteiger charge is 2.12. The van der Waals surface area contributed by atoms with Gasteiger partial charge in [-0.15, -0.1) is 0 Å². The number of nitrogens with one attached hydrogen (secondary N) is 2. The van der Waals surface area contributed by atoms with Crippen molar-refractivity contribution in [2.75, 3.05) is 5.32 Å². The standard InChI is InChI=1S/C22H19N5/c1-14-23-13-21(27(14)2)16-7-5-8-17(10-16)25-22-24-12-19-18-9-4-3-6-15(18)11-20(19)26-22/h3-13H,1-2H3,(H2,24,25,26). The molecule has 1 aromatic heterocycles. The molecule has 0 amide bonds.